The van der Waals surface area contributed by atoms with Crippen molar-refractivity contribution < 1.29 is 5.11 Å². The van der Waals surface area contributed by atoms with Gasteiger partial charge in [-0.1, -0.05) is 31.2 Å². The number of aryl methyl sites for hydroxylation is 2. The van der Waals surface area contributed by atoms with Crippen molar-refractivity contribution in [1.82, 2.24) is 4.98 Å². The molecule has 1 N–H and O–H groups in total. The van der Waals surface area contributed by atoms with E-state index in [0.717, 1.165) is 30.0 Å². The Labute approximate surface area is 120 Å². The Kier molecular flexibility index (Phi) is 4.74. The van der Waals surface area contributed by atoms with Gasteiger partial charge in [0.2, 0.25) is 0 Å². The monoisotopic (exact) mass is 270 g/mol. The Morgan fingerprint density at radius 2 is 1.95 bits per heavy atom. The van der Waals surface area contributed by atoms with Crippen molar-refractivity contribution in [3.63, 3.8) is 0 Å². The minimum absolute atomic E-state index is 0.0563. The van der Waals surface area contributed by atoms with Crippen molar-refractivity contribution in [2.45, 2.75) is 33.4 Å². The largest absolute Gasteiger partial charge is 0.392 e. The number of nitrogens with zero attached hydrogens (tertiary/aromatic N) is 2. The summed E-state index contributed by atoms with van der Waals surface area (Å²) in [7, 11) is 2.04. The number of aromatic nitrogens is 1. The molecule has 0 bridgehead atoms. The summed E-state index contributed by atoms with van der Waals surface area (Å²) in [5, 5.41) is 9.35. The van der Waals surface area contributed by atoms with Crippen LogP contribution in [0.15, 0.2) is 36.4 Å². The molecule has 0 aliphatic carbocycles. The lowest BCUT2D eigenvalue weighted by Crippen LogP contribution is -2.19. The number of aliphatic hydroxyl groups is 1. The van der Waals surface area contributed by atoms with Gasteiger partial charge in [-0.25, -0.2) is 4.98 Å². The summed E-state index contributed by atoms with van der Waals surface area (Å²) >= 11 is 0. The lowest BCUT2D eigenvalue weighted by atomic mass is 10.1. The van der Waals surface area contributed by atoms with Crippen molar-refractivity contribution in [1.29, 1.82) is 0 Å². The Bertz CT molecular complexity index is 559. The second-order valence-corrected chi connectivity index (χ2v) is 5.12. The van der Waals surface area contributed by atoms with E-state index in [1.165, 1.54) is 11.1 Å². The number of anilines is 1. The van der Waals surface area contributed by atoms with Crippen LogP contribution in [0.5, 0.6) is 0 Å². The molecule has 0 radical (unpaired) electrons. The molecule has 20 heavy (non-hydrogen) atoms. The summed E-state index contributed by atoms with van der Waals surface area (Å²) in [6, 6.07) is 12.3. The molecule has 0 aliphatic rings. The maximum Gasteiger partial charge on any atom is 0.129 e. The van der Waals surface area contributed by atoms with Gasteiger partial charge in [0.15, 0.2) is 0 Å². The van der Waals surface area contributed by atoms with Gasteiger partial charge in [-0.15, -0.1) is 0 Å². The number of aliphatic hydroxyl groups excluding tert-OH is 1. The van der Waals surface area contributed by atoms with Crippen LogP contribution >= 0.6 is 0 Å². The van der Waals surface area contributed by atoms with Gasteiger partial charge in [-0.3, -0.25) is 0 Å². The van der Waals surface area contributed by atoms with E-state index in [1.54, 1.807) is 0 Å². The highest BCUT2D eigenvalue weighted by molar-refractivity contribution is 5.43. The minimum atomic E-state index is 0.0563. The molecule has 1 heterocycles. The van der Waals surface area contributed by atoms with Gasteiger partial charge in [0.25, 0.3) is 0 Å². The average molecular weight is 270 g/mol. The van der Waals surface area contributed by atoms with Gasteiger partial charge in [-0.2, -0.15) is 0 Å². The zero-order valence-electron chi connectivity index (χ0n) is 12.4. The second-order valence-electron chi connectivity index (χ2n) is 5.12. The predicted molar refractivity (Wildman–Crippen MR) is 82.8 cm³/mol. The topological polar surface area (TPSA) is 36.4 Å². The maximum absolute atomic E-state index is 9.35. The molecular formula is C17H22N2O. The summed E-state index contributed by atoms with van der Waals surface area (Å²) < 4.78 is 0. The lowest BCUT2D eigenvalue weighted by molar-refractivity contribution is 0.281. The van der Waals surface area contributed by atoms with Crippen molar-refractivity contribution >= 4 is 5.82 Å². The lowest BCUT2D eigenvalue weighted by Gasteiger charge is -2.21. The van der Waals surface area contributed by atoms with E-state index in [-0.39, 0.29) is 6.61 Å². The van der Waals surface area contributed by atoms with Gasteiger partial charge >= 0.3 is 0 Å². The van der Waals surface area contributed by atoms with Gasteiger partial charge in [-0.05, 0) is 42.2 Å². The molecule has 0 aliphatic heterocycles. The van der Waals surface area contributed by atoms with Crippen molar-refractivity contribution in [2.75, 3.05) is 11.9 Å². The predicted octanol–water partition coefficient (Wildman–Crippen LogP) is 3.08. The third-order valence-corrected chi connectivity index (χ3v) is 3.53. The molecular weight excluding hydrogens is 248 g/mol. The number of hydrogen-bond acceptors (Lipinski definition) is 3. The Hall–Kier alpha value is -1.87. The highest BCUT2D eigenvalue weighted by Crippen LogP contribution is 2.18. The van der Waals surface area contributed by atoms with Crippen LogP contribution < -0.4 is 4.90 Å². The Morgan fingerprint density at radius 3 is 2.60 bits per heavy atom. The summed E-state index contributed by atoms with van der Waals surface area (Å²) in [5.74, 6) is 0.914. The number of benzene rings is 1. The molecule has 0 unspecified atom stereocenters. The zero-order valence-corrected chi connectivity index (χ0v) is 12.4. The van der Waals surface area contributed by atoms with E-state index >= 15 is 0 Å². The first-order valence-electron chi connectivity index (χ1n) is 7.00. The molecule has 0 saturated carbocycles. The molecule has 106 valence electrons. The van der Waals surface area contributed by atoms with E-state index < -0.39 is 0 Å². The first-order chi connectivity index (χ1) is 9.63. The van der Waals surface area contributed by atoms with E-state index in [9.17, 15) is 5.11 Å². The molecule has 0 fully saturated rings. The summed E-state index contributed by atoms with van der Waals surface area (Å²) in [5.41, 5.74) is 4.52. The van der Waals surface area contributed by atoms with Crippen molar-refractivity contribution in [2.24, 2.45) is 0 Å². The van der Waals surface area contributed by atoms with Crippen molar-refractivity contribution in [3.8, 4) is 0 Å². The molecule has 0 saturated heterocycles. The second kappa shape index (κ2) is 6.53. The van der Waals surface area contributed by atoms with E-state index in [2.05, 4.69) is 48.0 Å². The van der Waals surface area contributed by atoms with Crippen LogP contribution in [0.25, 0.3) is 0 Å². The minimum Gasteiger partial charge on any atom is -0.392 e. The number of hydrogen-bond donors (Lipinski definition) is 1. The van der Waals surface area contributed by atoms with Crippen LogP contribution in [0, 0.1) is 6.92 Å². The first-order valence-corrected chi connectivity index (χ1v) is 7.00. The van der Waals surface area contributed by atoms with E-state index in [0.29, 0.717) is 0 Å². The van der Waals surface area contributed by atoms with E-state index in [1.807, 2.05) is 19.2 Å². The molecule has 3 heteroatoms. The molecule has 1 aromatic carbocycles. The van der Waals surface area contributed by atoms with Gasteiger partial charge in [0.05, 0.1) is 6.61 Å². The van der Waals surface area contributed by atoms with E-state index in [4.69, 9.17) is 0 Å². The number of pyridine rings is 1. The van der Waals surface area contributed by atoms with Crippen molar-refractivity contribution in [3.05, 3.63) is 58.8 Å². The van der Waals surface area contributed by atoms with Crippen LogP contribution in [0.2, 0.25) is 0 Å². The standard InChI is InChI=1S/C17H22N2O/c1-4-16-9-14(12-20)10-17(18-16)19(3)11-15-8-6-5-7-13(15)2/h5-10,20H,4,11-12H2,1-3H3. The third-order valence-electron chi connectivity index (χ3n) is 3.53. The van der Waals surface area contributed by atoms with Gasteiger partial charge < -0.3 is 10.0 Å². The highest BCUT2D eigenvalue weighted by Gasteiger charge is 2.08. The highest BCUT2D eigenvalue weighted by atomic mass is 16.3. The first kappa shape index (κ1) is 14.5. The molecule has 1 aromatic heterocycles. The fraction of sp³-hybridized carbons (Fsp3) is 0.353. The van der Waals surface area contributed by atoms with Gasteiger partial charge in [0, 0.05) is 19.3 Å². The third kappa shape index (κ3) is 3.36. The Morgan fingerprint density at radius 1 is 1.20 bits per heavy atom. The summed E-state index contributed by atoms with van der Waals surface area (Å²) in [4.78, 5) is 6.77. The van der Waals surface area contributed by atoms with Crippen LogP contribution in [0.1, 0.15) is 29.3 Å². The van der Waals surface area contributed by atoms with Crippen LogP contribution in [-0.4, -0.2) is 17.1 Å². The molecule has 2 rings (SSSR count). The fourth-order valence-corrected chi connectivity index (χ4v) is 2.23. The molecule has 0 spiro atoms. The van der Waals surface area contributed by atoms with Crippen LogP contribution in [-0.2, 0) is 19.6 Å². The smallest absolute Gasteiger partial charge is 0.129 e. The molecule has 0 amide bonds. The fourth-order valence-electron chi connectivity index (χ4n) is 2.23. The molecule has 0 atom stereocenters. The van der Waals surface area contributed by atoms with Crippen LogP contribution in [0.3, 0.4) is 0 Å². The molecule has 2 aromatic rings. The zero-order chi connectivity index (χ0) is 14.5. The Balaban J connectivity index is 2.24. The number of rotatable bonds is 5. The normalized spacial score (nSPS) is 10.6. The van der Waals surface area contributed by atoms with Crippen LogP contribution in [0.4, 0.5) is 5.82 Å². The quantitative estimate of drug-likeness (QED) is 0.907. The van der Waals surface area contributed by atoms with Gasteiger partial charge in [0.1, 0.15) is 5.82 Å². The SMILES string of the molecule is CCc1cc(CO)cc(N(C)Cc2ccccc2C)n1. The molecule has 3 nitrogen and oxygen atoms in total. The maximum atomic E-state index is 9.35. The summed E-state index contributed by atoms with van der Waals surface area (Å²) in [6.07, 6.45) is 0.874. The summed E-state index contributed by atoms with van der Waals surface area (Å²) in [6.45, 7) is 5.07. The average Bonchev–Trinajstić information content (AvgIpc) is 2.48.